The minimum absolute atomic E-state index is 0.659. The Balaban J connectivity index is 2.58. The van der Waals surface area contributed by atoms with Crippen molar-refractivity contribution < 1.29 is 4.79 Å². The SMILES string of the molecule is O=CNSc1ccc(Br)cc1. The fourth-order valence-electron chi connectivity index (χ4n) is 0.595. The molecule has 0 aliphatic heterocycles. The first kappa shape index (κ1) is 8.62. The van der Waals surface area contributed by atoms with Crippen molar-refractivity contribution in [2.45, 2.75) is 4.90 Å². The van der Waals surface area contributed by atoms with E-state index in [9.17, 15) is 4.79 Å². The summed E-state index contributed by atoms with van der Waals surface area (Å²) in [6, 6.07) is 7.69. The van der Waals surface area contributed by atoms with Crippen molar-refractivity contribution in [2.75, 3.05) is 0 Å². The second-order valence-electron chi connectivity index (χ2n) is 1.79. The van der Waals surface area contributed by atoms with E-state index in [1.165, 1.54) is 11.9 Å². The highest BCUT2D eigenvalue weighted by Crippen LogP contribution is 2.17. The summed E-state index contributed by atoms with van der Waals surface area (Å²) in [4.78, 5) is 10.9. The lowest BCUT2D eigenvalue weighted by atomic mass is 10.4. The van der Waals surface area contributed by atoms with Crippen LogP contribution in [0.15, 0.2) is 33.6 Å². The van der Waals surface area contributed by atoms with Gasteiger partial charge < -0.3 is 0 Å². The Morgan fingerprint density at radius 3 is 2.55 bits per heavy atom. The summed E-state index contributed by atoms with van der Waals surface area (Å²) in [5.74, 6) is 0. The van der Waals surface area contributed by atoms with E-state index in [0.717, 1.165) is 9.37 Å². The maximum absolute atomic E-state index is 9.90. The number of carbonyl (C=O) groups is 1. The largest absolute Gasteiger partial charge is 0.299 e. The van der Waals surface area contributed by atoms with E-state index in [1.54, 1.807) is 0 Å². The molecule has 1 rings (SSSR count). The summed E-state index contributed by atoms with van der Waals surface area (Å²) in [5, 5.41) is 0. The fraction of sp³-hybridized carbons (Fsp3) is 0. The first-order valence-corrected chi connectivity index (χ1v) is 4.55. The highest BCUT2D eigenvalue weighted by atomic mass is 79.9. The maximum Gasteiger partial charge on any atom is 0.217 e. The molecule has 1 aromatic carbocycles. The third-order valence-electron chi connectivity index (χ3n) is 1.04. The van der Waals surface area contributed by atoms with E-state index < -0.39 is 0 Å². The second kappa shape index (κ2) is 4.41. The smallest absolute Gasteiger partial charge is 0.217 e. The van der Waals surface area contributed by atoms with Crippen molar-refractivity contribution in [3.63, 3.8) is 0 Å². The Kier molecular flexibility index (Phi) is 3.45. The van der Waals surface area contributed by atoms with Gasteiger partial charge in [-0.3, -0.25) is 9.52 Å². The number of hydrogen-bond donors (Lipinski definition) is 1. The number of carbonyl (C=O) groups excluding carboxylic acids is 1. The summed E-state index contributed by atoms with van der Waals surface area (Å²) in [6.45, 7) is 0. The van der Waals surface area contributed by atoms with Gasteiger partial charge in [0.25, 0.3) is 0 Å². The minimum Gasteiger partial charge on any atom is -0.299 e. The number of hydrogen-bond acceptors (Lipinski definition) is 2. The van der Waals surface area contributed by atoms with Crippen molar-refractivity contribution in [1.82, 2.24) is 4.72 Å². The normalized spacial score (nSPS) is 9.18. The molecule has 0 aliphatic carbocycles. The van der Waals surface area contributed by atoms with Gasteiger partial charge in [0.2, 0.25) is 6.41 Å². The van der Waals surface area contributed by atoms with Gasteiger partial charge in [-0.25, -0.2) is 0 Å². The third kappa shape index (κ3) is 2.95. The van der Waals surface area contributed by atoms with Gasteiger partial charge in [0.05, 0.1) is 0 Å². The van der Waals surface area contributed by atoms with Crippen LogP contribution in [0.2, 0.25) is 0 Å². The Morgan fingerprint density at radius 2 is 2.00 bits per heavy atom. The summed E-state index contributed by atoms with van der Waals surface area (Å²) in [6.07, 6.45) is 0.659. The van der Waals surface area contributed by atoms with Gasteiger partial charge in [0, 0.05) is 9.37 Å². The van der Waals surface area contributed by atoms with Crippen molar-refractivity contribution >= 4 is 34.3 Å². The predicted octanol–water partition coefficient (Wildman–Crippen LogP) is 2.20. The first-order valence-electron chi connectivity index (χ1n) is 2.94. The van der Waals surface area contributed by atoms with Crippen LogP contribution in [0.4, 0.5) is 0 Å². The quantitative estimate of drug-likeness (QED) is 0.639. The van der Waals surface area contributed by atoms with E-state index in [2.05, 4.69) is 20.7 Å². The van der Waals surface area contributed by atoms with Crippen LogP contribution < -0.4 is 4.72 Å². The zero-order valence-corrected chi connectivity index (χ0v) is 7.98. The molecule has 1 amide bonds. The zero-order valence-electron chi connectivity index (χ0n) is 5.58. The zero-order chi connectivity index (χ0) is 8.10. The predicted molar refractivity (Wildman–Crippen MR) is 49.2 cm³/mol. The molecule has 4 heteroatoms. The molecule has 0 spiro atoms. The van der Waals surface area contributed by atoms with Gasteiger partial charge in [-0.2, -0.15) is 0 Å². The standard InChI is InChI=1S/C7H6BrNOS/c8-6-1-3-7(4-2-6)11-9-5-10/h1-5H,(H,9,10). The van der Waals surface area contributed by atoms with Crippen LogP contribution in [-0.4, -0.2) is 6.41 Å². The minimum atomic E-state index is 0.659. The lowest BCUT2D eigenvalue weighted by Gasteiger charge is -1.96. The average molecular weight is 232 g/mol. The highest BCUT2D eigenvalue weighted by Gasteiger charge is 1.90. The van der Waals surface area contributed by atoms with Gasteiger partial charge in [-0.05, 0) is 36.2 Å². The Morgan fingerprint density at radius 1 is 1.36 bits per heavy atom. The van der Waals surface area contributed by atoms with Crippen LogP contribution in [0.3, 0.4) is 0 Å². The first-order chi connectivity index (χ1) is 5.33. The van der Waals surface area contributed by atoms with Crippen LogP contribution in [0.1, 0.15) is 0 Å². The molecule has 11 heavy (non-hydrogen) atoms. The topological polar surface area (TPSA) is 29.1 Å². The number of benzene rings is 1. The van der Waals surface area contributed by atoms with Crippen molar-refractivity contribution in [3.05, 3.63) is 28.7 Å². The van der Waals surface area contributed by atoms with Crippen LogP contribution in [0, 0.1) is 0 Å². The molecule has 1 aromatic rings. The van der Waals surface area contributed by atoms with Crippen LogP contribution in [0.25, 0.3) is 0 Å². The van der Waals surface area contributed by atoms with Gasteiger partial charge >= 0.3 is 0 Å². The number of rotatable bonds is 3. The second-order valence-corrected chi connectivity index (χ2v) is 3.62. The van der Waals surface area contributed by atoms with Gasteiger partial charge in [-0.15, -0.1) is 0 Å². The van der Waals surface area contributed by atoms with Crippen LogP contribution >= 0.6 is 27.9 Å². The van der Waals surface area contributed by atoms with E-state index in [-0.39, 0.29) is 0 Å². The fourth-order valence-corrected chi connectivity index (χ4v) is 1.32. The van der Waals surface area contributed by atoms with E-state index in [0.29, 0.717) is 6.41 Å². The molecule has 0 unspecified atom stereocenters. The summed E-state index contributed by atoms with van der Waals surface area (Å²) < 4.78 is 3.54. The average Bonchev–Trinajstić information content (AvgIpc) is 2.04. The van der Waals surface area contributed by atoms with E-state index in [4.69, 9.17) is 0 Å². The Bertz CT molecular complexity index is 237. The molecule has 0 radical (unpaired) electrons. The highest BCUT2D eigenvalue weighted by molar-refractivity contribution is 9.10. The van der Waals surface area contributed by atoms with E-state index >= 15 is 0 Å². The molecule has 0 aliphatic rings. The molecule has 0 saturated heterocycles. The monoisotopic (exact) mass is 231 g/mol. The molecule has 1 N–H and O–H groups in total. The number of nitrogens with one attached hydrogen (secondary N) is 1. The molecule has 0 aromatic heterocycles. The van der Waals surface area contributed by atoms with Gasteiger partial charge in [0.15, 0.2) is 0 Å². The van der Waals surface area contributed by atoms with Crippen LogP contribution in [-0.2, 0) is 4.79 Å². The van der Waals surface area contributed by atoms with Crippen molar-refractivity contribution in [2.24, 2.45) is 0 Å². The number of halogens is 1. The molecular formula is C7H6BrNOS. The molecule has 0 heterocycles. The molecule has 0 atom stereocenters. The molecule has 0 bridgehead atoms. The summed E-state index contributed by atoms with van der Waals surface area (Å²) in [5.41, 5.74) is 0. The van der Waals surface area contributed by atoms with Crippen molar-refractivity contribution in [3.8, 4) is 0 Å². The maximum atomic E-state index is 9.90. The lowest BCUT2D eigenvalue weighted by molar-refractivity contribution is -0.107. The van der Waals surface area contributed by atoms with Crippen LogP contribution in [0.5, 0.6) is 0 Å². The molecule has 2 nitrogen and oxygen atoms in total. The molecule has 0 saturated carbocycles. The Hall–Kier alpha value is -0.480. The Labute approximate surface area is 77.6 Å². The van der Waals surface area contributed by atoms with Gasteiger partial charge in [0.1, 0.15) is 0 Å². The molecule has 58 valence electrons. The summed E-state index contributed by atoms with van der Waals surface area (Å²) in [7, 11) is 0. The number of amides is 1. The summed E-state index contributed by atoms with van der Waals surface area (Å²) >= 11 is 4.60. The molecule has 0 fully saturated rings. The van der Waals surface area contributed by atoms with Gasteiger partial charge in [-0.1, -0.05) is 15.9 Å². The van der Waals surface area contributed by atoms with E-state index in [1.807, 2.05) is 24.3 Å². The van der Waals surface area contributed by atoms with Crippen molar-refractivity contribution in [1.29, 1.82) is 0 Å². The lowest BCUT2D eigenvalue weighted by Crippen LogP contribution is -1.96. The molecular weight excluding hydrogens is 226 g/mol. The third-order valence-corrected chi connectivity index (χ3v) is 2.29.